The first-order valence-electron chi connectivity index (χ1n) is 5.97. The Bertz CT molecular complexity index is 425. The molecule has 1 aromatic heterocycles. The number of hydrogen-bond acceptors (Lipinski definition) is 4. The quantitative estimate of drug-likeness (QED) is 0.595. The highest BCUT2D eigenvalue weighted by Crippen LogP contribution is 2.30. The first-order chi connectivity index (χ1) is 8.08. The Morgan fingerprint density at radius 3 is 2.71 bits per heavy atom. The summed E-state index contributed by atoms with van der Waals surface area (Å²) in [7, 11) is 0. The molecule has 1 aliphatic carbocycles. The molecule has 0 saturated heterocycles. The average Bonchev–Trinajstić information content (AvgIpc) is 3.07. The van der Waals surface area contributed by atoms with E-state index in [1.54, 1.807) is 0 Å². The summed E-state index contributed by atoms with van der Waals surface area (Å²) >= 11 is 0. The smallest absolute Gasteiger partial charge is 0.147 e. The molecule has 17 heavy (non-hydrogen) atoms. The molecule has 1 heterocycles. The molecule has 3 N–H and O–H groups in total. The van der Waals surface area contributed by atoms with Crippen LogP contribution in [0.2, 0.25) is 0 Å². The lowest BCUT2D eigenvalue weighted by atomic mass is 10.3. The van der Waals surface area contributed by atoms with Gasteiger partial charge < -0.3 is 10.6 Å². The van der Waals surface area contributed by atoms with Gasteiger partial charge in [0, 0.05) is 19.0 Å². The van der Waals surface area contributed by atoms with Gasteiger partial charge in [0.1, 0.15) is 5.82 Å². The first-order valence-corrected chi connectivity index (χ1v) is 5.97. The third kappa shape index (κ3) is 2.93. The van der Waals surface area contributed by atoms with Crippen LogP contribution in [-0.2, 0) is 0 Å². The number of anilines is 1. The zero-order valence-electron chi connectivity index (χ0n) is 10.4. The van der Waals surface area contributed by atoms with E-state index in [9.17, 15) is 0 Å². The van der Waals surface area contributed by atoms with Crippen molar-refractivity contribution < 1.29 is 0 Å². The van der Waals surface area contributed by atoms with Crippen molar-refractivity contribution in [2.24, 2.45) is 5.73 Å². The van der Waals surface area contributed by atoms with Crippen LogP contribution in [0.3, 0.4) is 0 Å². The Balaban J connectivity index is 2.14. The molecule has 5 heteroatoms. The molecule has 0 unspecified atom stereocenters. The van der Waals surface area contributed by atoms with E-state index in [0.29, 0.717) is 12.5 Å². The van der Waals surface area contributed by atoms with Gasteiger partial charge in [0.05, 0.1) is 23.4 Å². The van der Waals surface area contributed by atoms with E-state index in [1.807, 2.05) is 20.0 Å². The fraction of sp³-hybridized carbons (Fsp3) is 0.583. The third-order valence-electron chi connectivity index (χ3n) is 3.08. The van der Waals surface area contributed by atoms with E-state index in [1.165, 1.54) is 12.8 Å². The summed E-state index contributed by atoms with van der Waals surface area (Å²) in [6.07, 6.45) is 4.81. The zero-order chi connectivity index (χ0) is 12.4. The van der Waals surface area contributed by atoms with Gasteiger partial charge in [-0.2, -0.15) is 0 Å². The average molecular weight is 233 g/mol. The van der Waals surface area contributed by atoms with Crippen LogP contribution in [0.25, 0.3) is 0 Å². The van der Waals surface area contributed by atoms with Gasteiger partial charge in [0.2, 0.25) is 0 Å². The van der Waals surface area contributed by atoms with Crippen molar-refractivity contribution in [3.63, 3.8) is 0 Å². The molecule has 0 aliphatic heterocycles. The minimum atomic E-state index is 0.229. The summed E-state index contributed by atoms with van der Waals surface area (Å²) in [6, 6.07) is 0.561. The highest BCUT2D eigenvalue weighted by Gasteiger charge is 2.30. The summed E-state index contributed by atoms with van der Waals surface area (Å²) in [5.41, 5.74) is 7.35. The fourth-order valence-corrected chi connectivity index (χ4v) is 1.78. The van der Waals surface area contributed by atoms with Crippen LogP contribution < -0.4 is 10.6 Å². The zero-order valence-corrected chi connectivity index (χ0v) is 10.4. The fourth-order valence-electron chi connectivity index (χ4n) is 1.78. The second-order valence-corrected chi connectivity index (χ2v) is 4.60. The van der Waals surface area contributed by atoms with Crippen molar-refractivity contribution >= 4 is 11.7 Å². The number of nitrogens with one attached hydrogen (secondary N) is 1. The Labute approximate surface area is 102 Å². The maximum atomic E-state index is 7.30. The molecular weight excluding hydrogens is 214 g/mol. The second-order valence-electron chi connectivity index (χ2n) is 4.60. The lowest BCUT2D eigenvalue weighted by Gasteiger charge is -2.23. The monoisotopic (exact) mass is 233 g/mol. The van der Waals surface area contributed by atoms with Gasteiger partial charge in [-0.05, 0) is 26.7 Å². The van der Waals surface area contributed by atoms with Gasteiger partial charge in [-0.1, -0.05) is 0 Å². The van der Waals surface area contributed by atoms with E-state index in [4.69, 9.17) is 11.1 Å². The lowest BCUT2D eigenvalue weighted by molar-refractivity contribution is 0.773. The minimum Gasteiger partial charge on any atom is -0.388 e. The van der Waals surface area contributed by atoms with E-state index in [-0.39, 0.29) is 5.84 Å². The molecule has 0 radical (unpaired) electrons. The molecule has 5 nitrogen and oxygen atoms in total. The maximum absolute atomic E-state index is 7.30. The molecule has 2 rings (SSSR count). The van der Waals surface area contributed by atoms with Crippen LogP contribution in [0.5, 0.6) is 0 Å². The SMILES string of the molecule is Cc1ncc(N(CCC(=N)N)C2CC2)nc1C. The van der Waals surface area contributed by atoms with E-state index in [2.05, 4.69) is 14.9 Å². The molecule has 0 amide bonds. The van der Waals surface area contributed by atoms with Crippen molar-refractivity contribution in [1.82, 2.24) is 9.97 Å². The van der Waals surface area contributed by atoms with E-state index < -0.39 is 0 Å². The highest BCUT2D eigenvalue weighted by molar-refractivity contribution is 5.77. The number of nitrogens with zero attached hydrogens (tertiary/aromatic N) is 3. The summed E-state index contributed by atoms with van der Waals surface area (Å²) < 4.78 is 0. The number of aromatic nitrogens is 2. The van der Waals surface area contributed by atoms with Crippen molar-refractivity contribution in [3.05, 3.63) is 17.6 Å². The normalized spacial score (nSPS) is 14.7. The van der Waals surface area contributed by atoms with Crippen LogP contribution in [-0.4, -0.2) is 28.4 Å². The molecule has 1 saturated carbocycles. The van der Waals surface area contributed by atoms with Gasteiger partial charge in [0.25, 0.3) is 0 Å². The van der Waals surface area contributed by atoms with Gasteiger partial charge in [0.15, 0.2) is 0 Å². The molecule has 1 aliphatic rings. The molecule has 0 bridgehead atoms. The topological polar surface area (TPSA) is 78.9 Å². The number of amidine groups is 1. The first kappa shape index (κ1) is 11.8. The van der Waals surface area contributed by atoms with Gasteiger partial charge >= 0.3 is 0 Å². The Morgan fingerprint density at radius 2 is 2.18 bits per heavy atom. The van der Waals surface area contributed by atoms with Gasteiger partial charge in [-0.15, -0.1) is 0 Å². The number of hydrogen-bond donors (Lipinski definition) is 2. The van der Waals surface area contributed by atoms with Gasteiger partial charge in [-0.3, -0.25) is 10.4 Å². The summed E-state index contributed by atoms with van der Waals surface area (Å²) in [5, 5.41) is 7.30. The standard InChI is InChI=1S/C12H19N5/c1-8-9(2)16-12(7-15-8)17(10-3-4-10)6-5-11(13)14/h7,10H,3-6H2,1-2H3,(H3,13,14). The van der Waals surface area contributed by atoms with Crippen molar-refractivity contribution in [2.75, 3.05) is 11.4 Å². The molecule has 0 aromatic carbocycles. The third-order valence-corrected chi connectivity index (χ3v) is 3.08. The van der Waals surface area contributed by atoms with E-state index >= 15 is 0 Å². The molecule has 0 spiro atoms. The molecular formula is C12H19N5. The number of rotatable bonds is 5. The Hall–Kier alpha value is -1.65. The maximum Gasteiger partial charge on any atom is 0.147 e. The van der Waals surface area contributed by atoms with Crippen LogP contribution in [0.1, 0.15) is 30.7 Å². The minimum absolute atomic E-state index is 0.229. The van der Waals surface area contributed by atoms with Gasteiger partial charge in [-0.25, -0.2) is 4.98 Å². The van der Waals surface area contributed by atoms with Crippen LogP contribution in [0.15, 0.2) is 6.20 Å². The summed E-state index contributed by atoms with van der Waals surface area (Å²) in [5.74, 6) is 1.14. The van der Waals surface area contributed by atoms with Crippen LogP contribution in [0, 0.1) is 19.3 Å². The van der Waals surface area contributed by atoms with Crippen LogP contribution >= 0.6 is 0 Å². The van der Waals surface area contributed by atoms with Crippen molar-refractivity contribution in [1.29, 1.82) is 5.41 Å². The Morgan fingerprint density at radius 1 is 1.47 bits per heavy atom. The molecule has 1 aromatic rings. The summed E-state index contributed by atoms with van der Waals surface area (Å²) in [6.45, 7) is 4.70. The second kappa shape index (κ2) is 4.69. The Kier molecular flexibility index (Phi) is 3.26. The highest BCUT2D eigenvalue weighted by atomic mass is 15.2. The molecule has 1 fully saturated rings. The number of aryl methyl sites for hydroxylation is 2. The molecule has 0 atom stereocenters. The largest absolute Gasteiger partial charge is 0.388 e. The molecule has 92 valence electrons. The van der Waals surface area contributed by atoms with Crippen LogP contribution in [0.4, 0.5) is 5.82 Å². The number of nitrogens with two attached hydrogens (primary N) is 1. The summed E-state index contributed by atoms with van der Waals surface area (Å²) in [4.78, 5) is 11.1. The predicted molar refractivity (Wildman–Crippen MR) is 68.4 cm³/mol. The predicted octanol–water partition coefficient (Wildman–Crippen LogP) is 1.39. The van der Waals surface area contributed by atoms with Crippen molar-refractivity contribution in [3.8, 4) is 0 Å². The lowest BCUT2D eigenvalue weighted by Crippen LogP contribution is -2.30. The van der Waals surface area contributed by atoms with E-state index in [0.717, 1.165) is 23.8 Å². The van der Waals surface area contributed by atoms with Crippen molar-refractivity contribution in [2.45, 2.75) is 39.2 Å².